The minimum atomic E-state index is -0.0510. The van der Waals surface area contributed by atoms with Crippen LogP contribution in [0, 0.1) is 6.92 Å². The maximum Gasteiger partial charge on any atom is 0.213 e. The van der Waals surface area contributed by atoms with Crippen molar-refractivity contribution in [1.29, 1.82) is 0 Å². The molecule has 3 rings (SSSR count). The molecule has 7 heteroatoms. The number of aromatic nitrogens is 1. The van der Waals surface area contributed by atoms with Crippen LogP contribution in [0.1, 0.15) is 49.6 Å². The lowest BCUT2D eigenvalue weighted by molar-refractivity contribution is 0.0170. The van der Waals surface area contributed by atoms with Gasteiger partial charge in [0.25, 0.3) is 0 Å². The van der Waals surface area contributed by atoms with E-state index in [1.165, 1.54) is 11.1 Å². The van der Waals surface area contributed by atoms with Crippen molar-refractivity contribution < 1.29 is 9.15 Å². The van der Waals surface area contributed by atoms with E-state index in [2.05, 4.69) is 77.5 Å². The molecule has 1 aliphatic heterocycles. The smallest absolute Gasteiger partial charge is 0.213 e. The molecule has 2 aromatic rings. The number of oxazole rings is 1. The Morgan fingerprint density at radius 2 is 1.87 bits per heavy atom. The Bertz CT molecular complexity index is 817. The molecular formula is C23H35N5O2. The molecule has 0 saturated carbocycles. The SMILES string of the molecule is CN=C(NCc1ncc(C(C)(C)C)o1)NCC(c1ccc(C)cc1)N1CCOCC1. The first kappa shape index (κ1) is 22.3. The molecule has 7 nitrogen and oxygen atoms in total. The van der Waals surface area contributed by atoms with Crippen LogP contribution in [0.3, 0.4) is 0 Å². The highest BCUT2D eigenvalue weighted by Crippen LogP contribution is 2.23. The Morgan fingerprint density at radius 3 is 2.47 bits per heavy atom. The summed E-state index contributed by atoms with van der Waals surface area (Å²) in [6.07, 6.45) is 1.80. The Labute approximate surface area is 179 Å². The zero-order valence-corrected chi connectivity index (χ0v) is 18.9. The van der Waals surface area contributed by atoms with E-state index >= 15 is 0 Å². The van der Waals surface area contributed by atoms with Crippen molar-refractivity contribution in [3.05, 3.63) is 53.2 Å². The summed E-state index contributed by atoms with van der Waals surface area (Å²) in [5, 5.41) is 6.78. The molecule has 0 amide bonds. The zero-order valence-electron chi connectivity index (χ0n) is 18.9. The maximum atomic E-state index is 5.87. The summed E-state index contributed by atoms with van der Waals surface area (Å²) in [7, 11) is 1.78. The van der Waals surface area contributed by atoms with Gasteiger partial charge in [-0.3, -0.25) is 9.89 Å². The monoisotopic (exact) mass is 413 g/mol. The van der Waals surface area contributed by atoms with Gasteiger partial charge in [0.05, 0.1) is 32.0 Å². The minimum absolute atomic E-state index is 0.0510. The van der Waals surface area contributed by atoms with Crippen molar-refractivity contribution >= 4 is 5.96 Å². The minimum Gasteiger partial charge on any atom is -0.443 e. The highest BCUT2D eigenvalue weighted by molar-refractivity contribution is 5.79. The molecule has 0 spiro atoms. The first-order chi connectivity index (χ1) is 14.4. The molecule has 1 saturated heterocycles. The average molecular weight is 414 g/mol. The van der Waals surface area contributed by atoms with Crippen LogP contribution >= 0.6 is 0 Å². The third-order valence-corrected chi connectivity index (χ3v) is 5.33. The number of hydrogen-bond donors (Lipinski definition) is 2. The van der Waals surface area contributed by atoms with Crippen molar-refractivity contribution in [2.24, 2.45) is 4.99 Å². The van der Waals surface area contributed by atoms with Crippen LogP contribution in [0.25, 0.3) is 0 Å². The van der Waals surface area contributed by atoms with Crippen molar-refractivity contribution in [2.45, 2.75) is 45.7 Å². The fourth-order valence-electron chi connectivity index (χ4n) is 3.45. The Morgan fingerprint density at radius 1 is 1.17 bits per heavy atom. The van der Waals surface area contributed by atoms with E-state index < -0.39 is 0 Å². The van der Waals surface area contributed by atoms with Crippen molar-refractivity contribution in [1.82, 2.24) is 20.5 Å². The molecular weight excluding hydrogens is 378 g/mol. The van der Waals surface area contributed by atoms with Crippen LogP contribution in [0.5, 0.6) is 0 Å². The standard InChI is InChI=1S/C23H35N5O2/c1-17-6-8-18(9-7-17)19(28-10-12-29-13-11-28)14-26-22(24-5)27-16-21-25-15-20(30-21)23(2,3)4/h6-9,15,19H,10-14,16H2,1-5H3,(H2,24,26,27). The number of nitrogens with one attached hydrogen (secondary N) is 2. The molecule has 1 unspecified atom stereocenters. The third kappa shape index (κ3) is 6.06. The zero-order chi connectivity index (χ0) is 21.6. The molecule has 1 atom stereocenters. The highest BCUT2D eigenvalue weighted by Gasteiger charge is 2.23. The molecule has 2 heterocycles. The molecule has 1 aliphatic rings. The normalized spacial score (nSPS) is 17.0. The lowest BCUT2D eigenvalue weighted by Crippen LogP contribution is -2.46. The topological polar surface area (TPSA) is 74.9 Å². The number of aliphatic imine (C=N–C) groups is 1. The summed E-state index contributed by atoms with van der Waals surface area (Å²) in [5.74, 6) is 2.27. The van der Waals surface area contributed by atoms with E-state index in [1.54, 1.807) is 13.2 Å². The van der Waals surface area contributed by atoms with Gasteiger partial charge in [-0.15, -0.1) is 0 Å². The molecule has 1 aromatic heterocycles. The molecule has 1 fully saturated rings. The molecule has 1 aromatic carbocycles. The fraction of sp³-hybridized carbons (Fsp3) is 0.565. The van der Waals surface area contributed by atoms with Crippen LogP contribution in [0.2, 0.25) is 0 Å². The Hall–Kier alpha value is -2.38. The number of hydrogen-bond acceptors (Lipinski definition) is 5. The number of rotatable bonds is 6. The van der Waals surface area contributed by atoms with E-state index in [9.17, 15) is 0 Å². The van der Waals surface area contributed by atoms with Crippen LogP contribution in [-0.4, -0.2) is 55.7 Å². The molecule has 0 bridgehead atoms. The lowest BCUT2D eigenvalue weighted by Gasteiger charge is -2.35. The van der Waals surface area contributed by atoms with Gasteiger partial charge in [0.15, 0.2) is 5.96 Å². The van der Waals surface area contributed by atoms with Crippen LogP contribution in [-0.2, 0) is 16.7 Å². The lowest BCUT2D eigenvalue weighted by atomic mass is 9.94. The Balaban J connectivity index is 1.61. The quantitative estimate of drug-likeness (QED) is 0.560. The first-order valence-corrected chi connectivity index (χ1v) is 10.6. The second kappa shape index (κ2) is 10.1. The second-order valence-corrected chi connectivity index (χ2v) is 8.75. The summed E-state index contributed by atoms with van der Waals surface area (Å²) >= 11 is 0. The summed E-state index contributed by atoms with van der Waals surface area (Å²) in [4.78, 5) is 11.2. The van der Waals surface area contributed by atoms with Crippen molar-refractivity contribution in [3.8, 4) is 0 Å². The van der Waals surface area contributed by atoms with E-state index in [0.717, 1.165) is 44.6 Å². The van der Waals surface area contributed by atoms with Gasteiger partial charge in [-0.2, -0.15) is 0 Å². The number of aryl methyl sites for hydroxylation is 1. The molecule has 0 radical (unpaired) electrons. The predicted octanol–water partition coefficient (Wildman–Crippen LogP) is 3.02. The molecule has 2 N–H and O–H groups in total. The van der Waals surface area contributed by atoms with E-state index in [-0.39, 0.29) is 11.5 Å². The van der Waals surface area contributed by atoms with Gasteiger partial charge in [0.1, 0.15) is 5.76 Å². The first-order valence-electron chi connectivity index (χ1n) is 10.6. The molecule has 164 valence electrons. The summed E-state index contributed by atoms with van der Waals surface area (Å²) in [6.45, 7) is 13.1. The predicted molar refractivity (Wildman–Crippen MR) is 120 cm³/mol. The van der Waals surface area contributed by atoms with Gasteiger partial charge in [0, 0.05) is 32.1 Å². The van der Waals surface area contributed by atoms with Crippen molar-refractivity contribution in [3.63, 3.8) is 0 Å². The van der Waals surface area contributed by atoms with Gasteiger partial charge in [-0.1, -0.05) is 50.6 Å². The number of nitrogens with zero attached hydrogens (tertiary/aromatic N) is 3. The number of ether oxygens (including phenoxy) is 1. The summed E-state index contributed by atoms with van der Waals surface area (Å²) < 4.78 is 11.4. The van der Waals surface area contributed by atoms with Gasteiger partial charge in [-0.25, -0.2) is 4.98 Å². The molecule has 30 heavy (non-hydrogen) atoms. The second-order valence-electron chi connectivity index (χ2n) is 8.75. The van der Waals surface area contributed by atoms with Crippen LogP contribution in [0.15, 0.2) is 39.9 Å². The van der Waals surface area contributed by atoms with E-state index in [4.69, 9.17) is 9.15 Å². The highest BCUT2D eigenvalue weighted by atomic mass is 16.5. The molecule has 0 aliphatic carbocycles. The van der Waals surface area contributed by atoms with Crippen LogP contribution < -0.4 is 10.6 Å². The van der Waals surface area contributed by atoms with E-state index in [1.807, 2.05) is 0 Å². The van der Waals surface area contributed by atoms with E-state index in [0.29, 0.717) is 12.4 Å². The number of benzene rings is 1. The summed E-state index contributed by atoms with van der Waals surface area (Å²) in [6, 6.07) is 9.03. The Kier molecular flexibility index (Phi) is 7.50. The van der Waals surface area contributed by atoms with Gasteiger partial charge < -0.3 is 19.8 Å². The number of morpholine rings is 1. The largest absolute Gasteiger partial charge is 0.443 e. The van der Waals surface area contributed by atoms with Gasteiger partial charge in [-0.05, 0) is 12.5 Å². The van der Waals surface area contributed by atoms with Crippen LogP contribution in [0.4, 0.5) is 0 Å². The van der Waals surface area contributed by atoms with Crippen molar-refractivity contribution in [2.75, 3.05) is 39.9 Å². The average Bonchev–Trinajstić information content (AvgIpc) is 3.22. The van der Waals surface area contributed by atoms with Gasteiger partial charge >= 0.3 is 0 Å². The summed E-state index contributed by atoms with van der Waals surface area (Å²) in [5.41, 5.74) is 2.52. The maximum absolute atomic E-state index is 5.87. The van der Waals surface area contributed by atoms with Gasteiger partial charge in [0.2, 0.25) is 5.89 Å². The fourth-order valence-corrected chi connectivity index (χ4v) is 3.45. The number of guanidine groups is 1. The third-order valence-electron chi connectivity index (χ3n) is 5.33.